The third-order valence-corrected chi connectivity index (χ3v) is 5.27. The SMILES string of the molecule is Cc1nc(C(=O)N(CCN)CC2CC2)c(-c2cccc(C(F)(F)F)c2)s1. The summed E-state index contributed by atoms with van der Waals surface area (Å²) in [4.78, 5) is 19.4. The maximum atomic E-state index is 13.0. The van der Waals surface area contributed by atoms with Gasteiger partial charge in [0.15, 0.2) is 0 Å². The molecular weight excluding hydrogens is 363 g/mol. The highest BCUT2D eigenvalue weighted by atomic mass is 32.1. The molecule has 1 fully saturated rings. The van der Waals surface area contributed by atoms with Crippen LogP contribution in [0.15, 0.2) is 24.3 Å². The predicted molar refractivity (Wildman–Crippen MR) is 95.0 cm³/mol. The smallest absolute Gasteiger partial charge is 0.336 e. The first-order valence-corrected chi connectivity index (χ1v) is 9.25. The van der Waals surface area contributed by atoms with Gasteiger partial charge in [-0.2, -0.15) is 13.2 Å². The Labute approximate surface area is 153 Å². The van der Waals surface area contributed by atoms with Crippen LogP contribution in [0, 0.1) is 12.8 Å². The number of aromatic nitrogens is 1. The Balaban J connectivity index is 1.96. The molecule has 0 aliphatic heterocycles. The maximum Gasteiger partial charge on any atom is 0.416 e. The molecule has 140 valence electrons. The molecule has 1 aliphatic rings. The Hall–Kier alpha value is -1.93. The first kappa shape index (κ1) is 18.8. The molecule has 1 heterocycles. The van der Waals surface area contributed by atoms with Gasteiger partial charge in [0.1, 0.15) is 5.69 Å². The van der Waals surface area contributed by atoms with Crippen LogP contribution in [0.25, 0.3) is 10.4 Å². The number of alkyl halides is 3. The Morgan fingerprint density at radius 2 is 2.12 bits per heavy atom. The maximum absolute atomic E-state index is 13.0. The third kappa shape index (κ3) is 4.24. The fourth-order valence-electron chi connectivity index (χ4n) is 2.80. The summed E-state index contributed by atoms with van der Waals surface area (Å²) >= 11 is 1.23. The Morgan fingerprint density at radius 3 is 2.73 bits per heavy atom. The summed E-state index contributed by atoms with van der Waals surface area (Å²) in [7, 11) is 0. The number of nitrogens with two attached hydrogens (primary N) is 1. The number of thiazole rings is 1. The van der Waals surface area contributed by atoms with E-state index in [1.54, 1.807) is 17.9 Å². The van der Waals surface area contributed by atoms with Crippen molar-refractivity contribution in [1.29, 1.82) is 0 Å². The molecule has 26 heavy (non-hydrogen) atoms. The lowest BCUT2D eigenvalue weighted by atomic mass is 10.1. The second-order valence-corrected chi connectivity index (χ2v) is 7.68. The van der Waals surface area contributed by atoms with Gasteiger partial charge in [0, 0.05) is 19.6 Å². The molecule has 0 spiro atoms. The van der Waals surface area contributed by atoms with Crippen LogP contribution >= 0.6 is 11.3 Å². The number of aryl methyl sites for hydroxylation is 1. The van der Waals surface area contributed by atoms with Crippen molar-refractivity contribution in [1.82, 2.24) is 9.88 Å². The van der Waals surface area contributed by atoms with Crippen molar-refractivity contribution in [2.75, 3.05) is 19.6 Å². The molecule has 0 bridgehead atoms. The Morgan fingerprint density at radius 1 is 1.38 bits per heavy atom. The minimum Gasteiger partial charge on any atom is -0.336 e. The third-order valence-electron chi connectivity index (χ3n) is 4.25. The van der Waals surface area contributed by atoms with E-state index in [-0.39, 0.29) is 11.6 Å². The first-order chi connectivity index (χ1) is 12.3. The lowest BCUT2D eigenvalue weighted by Gasteiger charge is -2.21. The van der Waals surface area contributed by atoms with E-state index >= 15 is 0 Å². The minimum absolute atomic E-state index is 0.209. The van der Waals surface area contributed by atoms with Crippen LogP contribution in [0.5, 0.6) is 0 Å². The van der Waals surface area contributed by atoms with Gasteiger partial charge in [0.05, 0.1) is 15.4 Å². The standard InChI is InChI=1S/C18H20F3N3OS/c1-11-23-15(17(25)24(8-7-22)10-12-5-6-12)16(26-11)13-3-2-4-14(9-13)18(19,20)21/h2-4,9,12H,5-8,10,22H2,1H3. The number of hydrogen-bond acceptors (Lipinski definition) is 4. The van der Waals surface area contributed by atoms with Crippen molar-refractivity contribution in [3.8, 4) is 10.4 Å². The van der Waals surface area contributed by atoms with E-state index in [1.807, 2.05) is 0 Å². The van der Waals surface area contributed by atoms with Crippen molar-refractivity contribution >= 4 is 17.2 Å². The van der Waals surface area contributed by atoms with Crippen LogP contribution in [0.3, 0.4) is 0 Å². The second kappa shape index (κ2) is 7.36. The summed E-state index contributed by atoms with van der Waals surface area (Å²) in [6, 6.07) is 5.01. The molecule has 0 atom stereocenters. The van der Waals surface area contributed by atoms with Crippen molar-refractivity contribution in [3.63, 3.8) is 0 Å². The molecule has 1 aliphatic carbocycles. The van der Waals surface area contributed by atoms with E-state index in [4.69, 9.17) is 5.73 Å². The summed E-state index contributed by atoms with van der Waals surface area (Å²) in [6.07, 6.45) is -2.26. The highest BCUT2D eigenvalue weighted by molar-refractivity contribution is 7.15. The van der Waals surface area contributed by atoms with E-state index in [0.717, 1.165) is 25.0 Å². The Bertz CT molecular complexity index is 799. The molecule has 4 nitrogen and oxygen atoms in total. The van der Waals surface area contributed by atoms with Crippen LogP contribution < -0.4 is 5.73 Å². The molecule has 3 rings (SSSR count). The second-order valence-electron chi connectivity index (χ2n) is 6.47. The van der Waals surface area contributed by atoms with Crippen molar-refractivity contribution in [2.24, 2.45) is 11.7 Å². The van der Waals surface area contributed by atoms with Crippen molar-refractivity contribution < 1.29 is 18.0 Å². The number of carbonyl (C=O) groups excluding carboxylic acids is 1. The van der Waals surface area contributed by atoms with Crippen LogP contribution in [0.2, 0.25) is 0 Å². The van der Waals surface area contributed by atoms with E-state index in [9.17, 15) is 18.0 Å². The topological polar surface area (TPSA) is 59.2 Å². The number of halogens is 3. The Kier molecular flexibility index (Phi) is 5.34. The van der Waals surface area contributed by atoms with Crippen LogP contribution in [-0.4, -0.2) is 35.4 Å². The largest absolute Gasteiger partial charge is 0.416 e. The van der Waals surface area contributed by atoms with Gasteiger partial charge in [-0.15, -0.1) is 11.3 Å². The molecule has 2 N–H and O–H groups in total. The zero-order valence-corrected chi connectivity index (χ0v) is 15.2. The van der Waals surface area contributed by atoms with Crippen molar-refractivity contribution in [3.05, 3.63) is 40.5 Å². The van der Waals surface area contributed by atoms with Gasteiger partial charge in [-0.3, -0.25) is 4.79 Å². The first-order valence-electron chi connectivity index (χ1n) is 8.44. The molecule has 1 aromatic heterocycles. The van der Waals surface area contributed by atoms with Gasteiger partial charge in [-0.25, -0.2) is 4.98 Å². The monoisotopic (exact) mass is 383 g/mol. The normalized spacial score (nSPS) is 14.5. The summed E-state index contributed by atoms with van der Waals surface area (Å²) in [5.74, 6) is 0.223. The van der Waals surface area contributed by atoms with Crippen molar-refractivity contribution in [2.45, 2.75) is 25.9 Å². The van der Waals surface area contributed by atoms with Gasteiger partial charge in [-0.05, 0) is 43.4 Å². The number of nitrogens with zero attached hydrogens (tertiary/aromatic N) is 2. The summed E-state index contributed by atoms with van der Waals surface area (Å²) in [6.45, 7) is 3.11. The predicted octanol–water partition coefficient (Wildman–Crippen LogP) is 3.95. The van der Waals surface area contributed by atoms with E-state index in [1.165, 1.54) is 17.4 Å². The molecular formula is C18H20F3N3OS. The molecule has 0 unspecified atom stereocenters. The number of hydrogen-bond donors (Lipinski definition) is 1. The summed E-state index contributed by atoms with van der Waals surface area (Å²) < 4.78 is 39.1. The zero-order chi connectivity index (χ0) is 18.9. The van der Waals surface area contributed by atoms with Gasteiger partial charge >= 0.3 is 6.18 Å². The lowest BCUT2D eigenvalue weighted by molar-refractivity contribution is -0.137. The molecule has 8 heteroatoms. The van der Waals surface area contributed by atoms with Gasteiger partial charge in [0.2, 0.25) is 0 Å². The van der Waals surface area contributed by atoms with Gasteiger partial charge < -0.3 is 10.6 Å². The molecule has 0 radical (unpaired) electrons. The highest BCUT2D eigenvalue weighted by Crippen LogP contribution is 2.36. The molecule has 0 saturated heterocycles. The van der Waals surface area contributed by atoms with Crippen LogP contribution in [-0.2, 0) is 6.18 Å². The lowest BCUT2D eigenvalue weighted by Crippen LogP contribution is -2.37. The number of rotatable bonds is 6. The molecule has 1 aromatic carbocycles. The van der Waals surface area contributed by atoms with E-state index in [0.29, 0.717) is 41.0 Å². The summed E-state index contributed by atoms with van der Waals surface area (Å²) in [5.41, 5.74) is 5.45. The van der Waals surface area contributed by atoms with Crippen LogP contribution in [0.4, 0.5) is 13.2 Å². The molecule has 1 amide bonds. The quantitative estimate of drug-likeness (QED) is 0.822. The van der Waals surface area contributed by atoms with Gasteiger partial charge in [0.25, 0.3) is 5.91 Å². The average Bonchev–Trinajstić information content (AvgIpc) is 3.32. The summed E-state index contributed by atoms with van der Waals surface area (Å²) in [5, 5.41) is 0.639. The number of amides is 1. The van der Waals surface area contributed by atoms with E-state index in [2.05, 4.69) is 4.98 Å². The highest BCUT2D eigenvalue weighted by Gasteiger charge is 2.32. The average molecular weight is 383 g/mol. The molecule has 1 saturated carbocycles. The fourth-order valence-corrected chi connectivity index (χ4v) is 3.70. The van der Waals surface area contributed by atoms with Gasteiger partial charge in [-0.1, -0.05) is 12.1 Å². The zero-order valence-electron chi connectivity index (χ0n) is 14.3. The molecule has 2 aromatic rings. The number of benzene rings is 1. The number of carbonyl (C=O) groups is 1. The minimum atomic E-state index is -4.43. The fraction of sp³-hybridized carbons (Fsp3) is 0.444. The van der Waals surface area contributed by atoms with Crippen LogP contribution in [0.1, 0.15) is 33.9 Å². The van der Waals surface area contributed by atoms with E-state index < -0.39 is 11.7 Å².